The van der Waals surface area contributed by atoms with Gasteiger partial charge in [0.05, 0.1) is 9.95 Å². The van der Waals surface area contributed by atoms with Gasteiger partial charge in [0.1, 0.15) is 15.9 Å². The molecule has 0 amide bonds. The molecule has 2 aromatic carbocycles. The van der Waals surface area contributed by atoms with Crippen LogP contribution in [0, 0.1) is 15.9 Å². The molecule has 0 aliphatic carbocycles. The fourth-order valence-corrected chi connectivity index (χ4v) is 3.40. The van der Waals surface area contributed by atoms with Crippen LogP contribution in [0.15, 0.2) is 40.1 Å². The Morgan fingerprint density at radius 2 is 1.65 bits per heavy atom. The van der Waals surface area contributed by atoms with Gasteiger partial charge in [-0.3, -0.25) is 10.1 Å². The number of halogens is 4. The van der Waals surface area contributed by atoms with Crippen LogP contribution in [0.3, 0.4) is 0 Å². The van der Waals surface area contributed by atoms with Crippen molar-refractivity contribution in [1.82, 2.24) is 0 Å². The van der Waals surface area contributed by atoms with E-state index in [1.165, 1.54) is 42.1 Å². The van der Waals surface area contributed by atoms with Crippen molar-refractivity contribution in [2.24, 2.45) is 0 Å². The Balaban J connectivity index is 2.37. The zero-order valence-corrected chi connectivity index (χ0v) is 12.7. The normalized spacial score (nSPS) is 10.6. The minimum Gasteiger partial charge on any atom is -0.258 e. The lowest BCUT2D eigenvalue weighted by atomic mass is 10.3. The van der Waals surface area contributed by atoms with E-state index in [2.05, 4.69) is 0 Å². The van der Waals surface area contributed by atoms with Crippen LogP contribution in [0.4, 0.5) is 10.1 Å². The average Bonchev–Trinajstić information content (AvgIpc) is 2.31. The summed E-state index contributed by atoms with van der Waals surface area (Å²) < 4.78 is 12.9. The maximum absolute atomic E-state index is 12.9. The number of hydrogen-bond donors (Lipinski definition) is 0. The first-order valence-electron chi connectivity index (χ1n) is 5.15. The first-order chi connectivity index (χ1) is 9.38. The van der Waals surface area contributed by atoms with Gasteiger partial charge in [0.2, 0.25) is 0 Å². The molecule has 20 heavy (non-hydrogen) atoms. The molecule has 104 valence electrons. The molecule has 8 heteroatoms. The van der Waals surface area contributed by atoms with Gasteiger partial charge in [-0.05, 0) is 30.3 Å². The van der Waals surface area contributed by atoms with Crippen molar-refractivity contribution in [3.63, 3.8) is 0 Å². The van der Waals surface area contributed by atoms with Crippen molar-refractivity contribution < 1.29 is 9.31 Å². The first-order valence-corrected chi connectivity index (χ1v) is 7.10. The number of hydrogen-bond acceptors (Lipinski definition) is 3. The third-order valence-corrected chi connectivity index (χ3v) is 4.34. The van der Waals surface area contributed by atoms with E-state index in [4.69, 9.17) is 34.8 Å². The summed E-state index contributed by atoms with van der Waals surface area (Å²) in [6.45, 7) is 0. The predicted molar refractivity (Wildman–Crippen MR) is 78.6 cm³/mol. The van der Waals surface area contributed by atoms with Gasteiger partial charge in [0, 0.05) is 9.79 Å². The van der Waals surface area contributed by atoms with Crippen LogP contribution < -0.4 is 0 Å². The molecule has 0 N–H and O–H groups in total. The van der Waals surface area contributed by atoms with Crippen LogP contribution in [0.25, 0.3) is 0 Å². The minimum atomic E-state index is -0.649. The Labute approximate surface area is 132 Å². The summed E-state index contributed by atoms with van der Waals surface area (Å²) >= 11 is 18.7. The lowest BCUT2D eigenvalue weighted by molar-refractivity contribution is -0.384. The van der Waals surface area contributed by atoms with Gasteiger partial charge in [-0.2, -0.15) is 0 Å². The second kappa shape index (κ2) is 6.18. The van der Waals surface area contributed by atoms with Crippen molar-refractivity contribution in [3.05, 3.63) is 61.3 Å². The molecular weight excluding hydrogens is 348 g/mol. The van der Waals surface area contributed by atoms with Crippen molar-refractivity contribution in [2.75, 3.05) is 0 Å². The summed E-state index contributed by atoms with van der Waals surface area (Å²) in [6.07, 6.45) is 0. The Bertz CT molecular complexity index is 673. The summed E-state index contributed by atoms with van der Waals surface area (Å²) in [6, 6.07) is 6.78. The number of nitrogens with zero attached hydrogens (tertiary/aromatic N) is 1. The van der Waals surface area contributed by atoms with Crippen LogP contribution in [-0.2, 0) is 0 Å². The largest absolute Gasteiger partial charge is 0.306 e. The highest BCUT2D eigenvalue weighted by molar-refractivity contribution is 7.99. The molecule has 0 heterocycles. The van der Waals surface area contributed by atoms with Crippen LogP contribution >= 0.6 is 46.6 Å². The molecule has 0 aliphatic rings. The maximum atomic E-state index is 12.9. The fourth-order valence-electron chi connectivity index (χ4n) is 1.46. The highest BCUT2D eigenvalue weighted by Crippen LogP contribution is 2.40. The predicted octanol–water partition coefficient (Wildman–Crippen LogP) is 5.85. The fraction of sp³-hybridized carbons (Fsp3) is 0. The molecular formula is C12H5Cl3FNO2S. The molecule has 0 radical (unpaired) electrons. The molecule has 0 aromatic heterocycles. The standard InChI is InChI=1S/C12H5Cl3FNO2S/c13-8-3-6(16)1-2-11(8)20-7-4-9(14)12(17(18)19)10(15)5-7/h1-5H. The topological polar surface area (TPSA) is 43.1 Å². The van der Waals surface area contributed by atoms with Crippen molar-refractivity contribution in [2.45, 2.75) is 9.79 Å². The number of rotatable bonds is 3. The van der Waals surface area contributed by atoms with Crippen LogP contribution in [-0.4, -0.2) is 4.92 Å². The number of benzene rings is 2. The van der Waals surface area contributed by atoms with Crippen LogP contribution in [0.5, 0.6) is 0 Å². The summed E-state index contributed by atoms with van der Waals surface area (Å²) in [5.41, 5.74) is -0.345. The highest BCUT2D eigenvalue weighted by Gasteiger charge is 2.19. The van der Waals surface area contributed by atoms with E-state index in [1.807, 2.05) is 0 Å². The summed E-state index contributed by atoms with van der Waals surface area (Å²) in [4.78, 5) is 11.3. The summed E-state index contributed by atoms with van der Waals surface area (Å²) in [7, 11) is 0. The van der Waals surface area contributed by atoms with Gasteiger partial charge in [-0.25, -0.2) is 4.39 Å². The molecule has 0 atom stereocenters. The molecule has 0 unspecified atom stereocenters. The monoisotopic (exact) mass is 351 g/mol. The van der Waals surface area contributed by atoms with Crippen molar-refractivity contribution in [3.8, 4) is 0 Å². The summed E-state index contributed by atoms with van der Waals surface area (Å²) in [5, 5.41) is 10.9. The molecule has 0 bridgehead atoms. The molecule has 0 saturated carbocycles. The van der Waals surface area contributed by atoms with Gasteiger partial charge in [-0.1, -0.05) is 46.6 Å². The smallest absolute Gasteiger partial charge is 0.258 e. The SMILES string of the molecule is O=[N+]([O-])c1c(Cl)cc(Sc2ccc(F)cc2Cl)cc1Cl. The van der Waals surface area contributed by atoms with E-state index in [0.29, 0.717) is 9.79 Å². The van der Waals surface area contributed by atoms with Gasteiger partial charge in [-0.15, -0.1) is 0 Å². The second-order valence-corrected chi connectivity index (χ2v) is 6.01. The van der Waals surface area contributed by atoms with E-state index in [-0.39, 0.29) is 20.8 Å². The van der Waals surface area contributed by atoms with Crippen molar-refractivity contribution in [1.29, 1.82) is 0 Å². The van der Waals surface area contributed by atoms with E-state index in [0.717, 1.165) is 0 Å². The van der Waals surface area contributed by atoms with E-state index in [9.17, 15) is 14.5 Å². The highest BCUT2D eigenvalue weighted by atomic mass is 35.5. The van der Waals surface area contributed by atoms with Gasteiger partial charge < -0.3 is 0 Å². The van der Waals surface area contributed by atoms with Crippen molar-refractivity contribution >= 4 is 52.3 Å². The molecule has 2 rings (SSSR count). The Morgan fingerprint density at radius 1 is 1.05 bits per heavy atom. The Kier molecular flexibility index (Phi) is 4.75. The maximum Gasteiger partial charge on any atom is 0.306 e. The quantitative estimate of drug-likeness (QED) is 0.514. The van der Waals surface area contributed by atoms with E-state index in [1.54, 1.807) is 0 Å². The van der Waals surface area contributed by atoms with E-state index >= 15 is 0 Å². The lowest BCUT2D eigenvalue weighted by Crippen LogP contribution is -1.91. The number of nitro benzene ring substituents is 1. The third kappa shape index (κ3) is 3.35. The minimum absolute atomic E-state index is 0.0664. The lowest BCUT2D eigenvalue weighted by Gasteiger charge is -2.06. The molecule has 2 aromatic rings. The van der Waals surface area contributed by atoms with Gasteiger partial charge in [0.25, 0.3) is 0 Å². The molecule has 0 aliphatic heterocycles. The Hall–Kier alpha value is -1.01. The molecule has 0 fully saturated rings. The first kappa shape index (κ1) is 15.4. The summed E-state index contributed by atoms with van der Waals surface area (Å²) in [5.74, 6) is -0.445. The third-order valence-electron chi connectivity index (χ3n) is 2.29. The van der Waals surface area contributed by atoms with Gasteiger partial charge in [0.15, 0.2) is 0 Å². The van der Waals surface area contributed by atoms with Crippen LogP contribution in [0.1, 0.15) is 0 Å². The average molecular weight is 353 g/mol. The van der Waals surface area contributed by atoms with E-state index < -0.39 is 10.7 Å². The number of nitro groups is 1. The Morgan fingerprint density at radius 3 is 2.15 bits per heavy atom. The van der Waals surface area contributed by atoms with Gasteiger partial charge >= 0.3 is 5.69 Å². The van der Waals surface area contributed by atoms with Crippen LogP contribution in [0.2, 0.25) is 15.1 Å². The molecule has 0 saturated heterocycles. The molecule has 3 nitrogen and oxygen atoms in total. The zero-order chi connectivity index (χ0) is 14.9. The second-order valence-electron chi connectivity index (χ2n) is 3.67. The molecule has 0 spiro atoms. The zero-order valence-electron chi connectivity index (χ0n) is 9.57.